The molecule has 0 fully saturated rings. The average molecular weight is 487 g/mol. The van der Waals surface area contributed by atoms with Gasteiger partial charge < -0.3 is 25.3 Å². The van der Waals surface area contributed by atoms with Crippen molar-refractivity contribution in [2.24, 2.45) is 5.73 Å². The maximum Gasteiger partial charge on any atom is 0.259 e. The number of nitrogens with one attached hydrogen (secondary N) is 1. The highest BCUT2D eigenvalue weighted by molar-refractivity contribution is 6.08. The summed E-state index contributed by atoms with van der Waals surface area (Å²) in [4.78, 5) is 24.3. The third-order valence-electron chi connectivity index (χ3n) is 5.37. The van der Waals surface area contributed by atoms with Crippen LogP contribution < -0.4 is 25.3 Å². The van der Waals surface area contributed by atoms with Crippen molar-refractivity contribution in [1.82, 2.24) is 9.78 Å². The lowest BCUT2D eigenvalue weighted by atomic mass is 10.1. The van der Waals surface area contributed by atoms with Crippen LogP contribution in [0.5, 0.6) is 17.2 Å². The number of aromatic nitrogens is 2. The summed E-state index contributed by atoms with van der Waals surface area (Å²) < 4.78 is 18.1. The molecule has 0 atom stereocenters. The van der Waals surface area contributed by atoms with Gasteiger partial charge in [0.15, 0.2) is 0 Å². The average Bonchev–Trinajstić information content (AvgIpc) is 3.35. The number of carbonyl (C=O) groups is 2. The molecule has 4 rings (SSSR count). The summed E-state index contributed by atoms with van der Waals surface area (Å²) in [5.41, 5.74) is 7.92. The maximum absolute atomic E-state index is 13.4. The molecule has 1 aromatic heterocycles. The van der Waals surface area contributed by atoms with Crippen LogP contribution >= 0.6 is 0 Å². The van der Waals surface area contributed by atoms with Gasteiger partial charge in [0, 0.05) is 17.4 Å². The first-order valence-corrected chi connectivity index (χ1v) is 11.2. The molecular weight excluding hydrogens is 460 g/mol. The molecule has 184 valence electrons. The van der Waals surface area contributed by atoms with Crippen LogP contribution in [0.2, 0.25) is 0 Å². The van der Waals surface area contributed by atoms with E-state index < -0.39 is 5.91 Å². The Hall–Kier alpha value is -4.79. The molecule has 3 N–H and O–H groups in total. The van der Waals surface area contributed by atoms with E-state index in [1.165, 1.54) is 0 Å². The molecule has 0 saturated carbocycles. The number of nitrogens with two attached hydrogens (primary N) is 1. The van der Waals surface area contributed by atoms with E-state index in [4.69, 9.17) is 25.0 Å². The number of carbonyl (C=O) groups excluding carboxylic acids is 2. The van der Waals surface area contributed by atoms with Crippen LogP contribution in [0.1, 0.15) is 16.8 Å². The van der Waals surface area contributed by atoms with Crippen LogP contribution in [0.3, 0.4) is 0 Å². The number of hydrogen-bond donors (Lipinski definition) is 2. The second-order valence-electron chi connectivity index (χ2n) is 7.78. The number of methoxy groups -OCH3 is 2. The lowest BCUT2D eigenvalue weighted by molar-refractivity contribution is -0.118. The van der Waals surface area contributed by atoms with Gasteiger partial charge in [0.1, 0.15) is 22.9 Å². The molecule has 2 amide bonds. The first-order chi connectivity index (χ1) is 17.5. The van der Waals surface area contributed by atoms with Gasteiger partial charge in [0.05, 0.1) is 38.5 Å². The summed E-state index contributed by atoms with van der Waals surface area (Å²) >= 11 is 0. The highest BCUT2D eigenvalue weighted by Gasteiger charge is 2.22. The van der Waals surface area contributed by atoms with Gasteiger partial charge in [0.2, 0.25) is 5.91 Å². The van der Waals surface area contributed by atoms with E-state index in [1.54, 1.807) is 67.6 Å². The number of para-hydroxylation sites is 1. The van der Waals surface area contributed by atoms with Gasteiger partial charge >= 0.3 is 0 Å². The number of anilines is 1. The van der Waals surface area contributed by atoms with Crippen LogP contribution in [0.25, 0.3) is 16.9 Å². The normalized spacial score (nSPS) is 10.5. The Morgan fingerprint density at radius 1 is 0.944 bits per heavy atom. The Morgan fingerprint density at radius 2 is 1.67 bits per heavy atom. The van der Waals surface area contributed by atoms with Crippen molar-refractivity contribution in [2.75, 3.05) is 26.1 Å². The molecule has 0 radical (unpaired) electrons. The van der Waals surface area contributed by atoms with E-state index >= 15 is 0 Å². The van der Waals surface area contributed by atoms with E-state index in [1.807, 2.05) is 30.3 Å². The molecule has 0 aliphatic heterocycles. The maximum atomic E-state index is 13.4. The summed E-state index contributed by atoms with van der Waals surface area (Å²) in [5, 5.41) is 7.63. The summed E-state index contributed by atoms with van der Waals surface area (Å²) in [6, 6.07) is 21.7. The molecule has 0 aliphatic carbocycles. The molecule has 0 saturated heterocycles. The van der Waals surface area contributed by atoms with E-state index in [9.17, 15) is 9.59 Å². The number of primary amides is 1. The molecule has 36 heavy (non-hydrogen) atoms. The SMILES string of the molecule is COc1ccc(OC)c(-c2nn(-c3ccccc3)cc2C(=O)Nc2ccc(OCCC(N)=O)cc2)c1. The molecule has 0 spiro atoms. The van der Waals surface area contributed by atoms with Crippen molar-refractivity contribution >= 4 is 17.5 Å². The van der Waals surface area contributed by atoms with Crippen molar-refractivity contribution in [3.63, 3.8) is 0 Å². The summed E-state index contributed by atoms with van der Waals surface area (Å²) in [5.74, 6) is 0.949. The number of hydrogen-bond acceptors (Lipinski definition) is 6. The van der Waals surface area contributed by atoms with E-state index in [0.29, 0.717) is 39.8 Å². The highest BCUT2D eigenvalue weighted by atomic mass is 16.5. The molecule has 9 heteroatoms. The molecular formula is C27H26N4O5. The predicted octanol–water partition coefficient (Wildman–Crippen LogP) is 4.06. The Balaban J connectivity index is 1.66. The van der Waals surface area contributed by atoms with Crippen LogP contribution in [-0.4, -0.2) is 42.4 Å². The minimum atomic E-state index is -0.432. The molecule has 3 aromatic carbocycles. The second-order valence-corrected chi connectivity index (χ2v) is 7.78. The third kappa shape index (κ3) is 5.64. The zero-order valence-corrected chi connectivity index (χ0v) is 19.9. The van der Waals surface area contributed by atoms with E-state index in [2.05, 4.69) is 5.32 Å². The molecule has 0 aliphatic rings. The fourth-order valence-electron chi connectivity index (χ4n) is 3.55. The number of nitrogens with zero attached hydrogens (tertiary/aromatic N) is 2. The first-order valence-electron chi connectivity index (χ1n) is 11.2. The topological polar surface area (TPSA) is 118 Å². The zero-order valence-electron chi connectivity index (χ0n) is 19.9. The van der Waals surface area contributed by atoms with Gasteiger partial charge in [-0.2, -0.15) is 5.10 Å². The summed E-state index contributed by atoms with van der Waals surface area (Å²) in [6.45, 7) is 0.186. The van der Waals surface area contributed by atoms with E-state index in [-0.39, 0.29) is 18.9 Å². The van der Waals surface area contributed by atoms with Gasteiger partial charge in [-0.25, -0.2) is 4.68 Å². The van der Waals surface area contributed by atoms with Gasteiger partial charge in [-0.05, 0) is 54.6 Å². The van der Waals surface area contributed by atoms with Crippen LogP contribution in [0.15, 0.2) is 79.0 Å². The third-order valence-corrected chi connectivity index (χ3v) is 5.37. The van der Waals surface area contributed by atoms with Gasteiger partial charge in [0.25, 0.3) is 5.91 Å². The quantitative estimate of drug-likeness (QED) is 0.349. The van der Waals surface area contributed by atoms with Gasteiger partial charge in [-0.1, -0.05) is 18.2 Å². The second kappa shape index (κ2) is 11.1. The largest absolute Gasteiger partial charge is 0.497 e. The predicted molar refractivity (Wildman–Crippen MR) is 136 cm³/mol. The Morgan fingerprint density at radius 3 is 2.33 bits per heavy atom. The lowest BCUT2D eigenvalue weighted by Crippen LogP contribution is -2.14. The van der Waals surface area contributed by atoms with Gasteiger partial charge in [-0.3, -0.25) is 9.59 Å². The Bertz CT molecular complexity index is 1350. The van der Waals surface area contributed by atoms with Crippen molar-refractivity contribution in [3.8, 4) is 34.2 Å². The minimum Gasteiger partial charge on any atom is -0.497 e. The smallest absolute Gasteiger partial charge is 0.259 e. The molecule has 4 aromatic rings. The van der Waals surface area contributed by atoms with Crippen LogP contribution in [0, 0.1) is 0 Å². The number of ether oxygens (including phenoxy) is 3. The number of rotatable bonds is 10. The van der Waals surface area contributed by atoms with Gasteiger partial charge in [-0.15, -0.1) is 0 Å². The standard InChI is InChI=1S/C27H26N4O5/c1-34-21-12-13-24(35-2)22(16-21)26-23(17-31(30-26)19-6-4-3-5-7-19)27(33)29-18-8-10-20(11-9-18)36-15-14-25(28)32/h3-13,16-17H,14-15H2,1-2H3,(H2,28,32)(H,29,33). The number of benzene rings is 3. The Kier molecular flexibility index (Phi) is 7.50. The summed E-state index contributed by atoms with van der Waals surface area (Å²) in [7, 11) is 3.13. The fraction of sp³-hybridized carbons (Fsp3) is 0.148. The van der Waals surface area contributed by atoms with Crippen LogP contribution in [0.4, 0.5) is 5.69 Å². The van der Waals surface area contributed by atoms with Crippen LogP contribution in [-0.2, 0) is 4.79 Å². The van der Waals surface area contributed by atoms with Crippen molar-refractivity contribution in [1.29, 1.82) is 0 Å². The minimum absolute atomic E-state index is 0.125. The summed E-state index contributed by atoms with van der Waals surface area (Å²) in [6.07, 6.45) is 1.81. The lowest BCUT2D eigenvalue weighted by Gasteiger charge is -2.11. The highest BCUT2D eigenvalue weighted by Crippen LogP contribution is 2.35. The van der Waals surface area contributed by atoms with Crippen molar-refractivity contribution in [2.45, 2.75) is 6.42 Å². The monoisotopic (exact) mass is 486 g/mol. The molecule has 9 nitrogen and oxygen atoms in total. The number of amides is 2. The van der Waals surface area contributed by atoms with Crippen molar-refractivity contribution in [3.05, 3.63) is 84.6 Å². The first kappa shape index (κ1) is 24.3. The Labute approximate surface area is 208 Å². The fourth-order valence-corrected chi connectivity index (χ4v) is 3.55. The molecule has 1 heterocycles. The van der Waals surface area contributed by atoms with E-state index in [0.717, 1.165) is 5.69 Å². The van der Waals surface area contributed by atoms with Crippen molar-refractivity contribution < 1.29 is 23.8 Å². The zero-order chi connectivity index (χ0) is 25.5. The molecule has 0 bridgehead atoms. The molecule has 0 unspecified atom stereocenters.